The van der Waals surface area contributed by atoms with Gasteiger partial charge in [-0.2, -0.15) is 0 Å². The largest absolute Gasteiger partial charge is 0.490 e. The summed E-state index contributed by atoms with van der Waals surface area (Å²) in [5, 5.41) is 3.46. The average Bonchev–Trinajstić information content (AvgIpc) is 2.67. The van der Waals surface area contributed by atoms with Gasteiger partial charge >= 0.3 is 0 Å². The average molecular weight is 262 g/mol. The monoisotopic (exact) mass is 262 g/mol. The van der Waals surface area contributed by atoms with E-state index >= 15 is 0 Å². The summed E-state index contributed by atoms with van der Waals surface area (Å²) in [6, 6.07) is 4.57. The van der Waals surface area contributed by atoms with Gasteiger partial charge in [0.2, 0.25) is 0 Å². The molecule has 0 spiro atoms. The molecule has 3 rings (SSSR count). The Kier molecular flexibility index (Phi) is 3.89. The van der Waals surface area contributed by atoms with Gasteiger partial charge in [-0.25, -0.2) is 0 Å². The molecule has 1 aromatic carbocycles. The third kappa shape index (κ3) is 2.69. The van der Waals surface area contributed by atoms with Crippen molar-refractivity contribution in [1.82, 2.24) is 5.32 Å². The van der Waals surface area contributed by atoms with Crippen LogP contribution in [-0.2, 0) is 17.6 Å². The SMILES string of the molecule is COCCN1CCOc2cc3c(cc21)CCNCC3. The van der Waals surface area contributed by atoms with Gasteiger partial charge in [0.15, 0.2) is 0 Å². The van der Waals surface area contributed by atoms with Gasteiger partial charge in [0.25, 0.3) is 0 Å². The van der Waals surface area contributed by atoms with Crippen LogP contribution in [0.25, 0.3) is 0 Å². The van der Waals surface area contributed by atoms with Crippen molar-refractivity contribution in [3.8, 4) is 5.75 Å². The lowest BCUT2D eigenvalue weighted by molar-refractivity contribution is 0.201. The highest BCUT2D eigenvalue weighted by atomic mass is 16.5. The highest BCUT2D eigenvalue weighted by Crippen LogP contribution is 2.35. The smallest absolute Gasteiger partial charge is 0.142 e. The Bertz CT molecular complexity index is 448. The summed E-state index contributed by atoms with van der Waals surface area (Å²) in [4.78, 5) is 2.38. The Morgan fingerprint density at radius 2 is 2.05 bits per heavy atom. The van der Waals surface area contributed by atoms with Crippen LogP contribution in [0.15, 0.2) is 12.1 Å². The molecule has 0 amide bonds. The van der Waals surface area contributed by atoms with Crippen LogP contribution in [0.5, 0.6) is 5.75 Å². The summed E-state index contributed by atoms with van der Waals surface area (Å²) in [5.41, 5.74) is 4.15. The maximum absolute atomic E-state index is 5.84. The third-order valence-electron chi connectivity index (χ3n) is 3.95. The van der Waals surface area contributed by atoms with Crippen LogP contribution in [0.4, 0.5) is 5.69 Å². The van der Waals surface area contributed by atoms with Gasteiger partial charge in [0.1, 0.15) is 12.4 Å². The Morgan fingerprint density at radius 3 is 2.84 bits per heavy atom. The summed E-state index contributed by atoms with van der Waals surface area (Å²) in [5.74, 6) is 1.04. The van der Waals surface area contributed by atoms with E-state index in [0.717, 1.165) is 58.0 Å². The molecular weight excluding hydrogens is 240 g/mol. The number of benzene rings is 1. The second-order valence-corrected chi connectivity index (χ2v) is 5.17. The van der Waals surface area contributed by atoms with Gasteiger partial charge in [-0.05, 0) is 49.2 Å². The molecule has 0 aliphatic carbocycles. The van der Waals surface area contributed by atoms with Crippen molar-refractivity contribution in [3.63, 3.8) is 0 Å². The fourth-order valence-electron chi connectivity index (χ4n) is 2.87. The van der Waals surface area contributed by atoms with Crippen molar-refractivity contribution in [3.05, 3.63) is 23.3 Å². The van der Waals surface area contributed by atoms with Crippen molar-refractivity contribution in [2.45, 2.75) is 12.8 Å². The fourth-order valence-corrected chi connectivity index (χ4v) is 2.87. The van der Waals surface area contributed by atoms with Crippen molar-refractivity contribution in [1.29, 1.82) is 0 Å². The lowest BCUT2D eigenvalue weighted by atomic mass is 10.0. The zero-order valence-corrected chi connectivity index (χ0v) is 11.6. The maximum atomic E-state index is 5.84. The number of hydrogen-bond donors (Lipinski definition) is 1. The highest BCUT2D eigenvalue weighted by molar-refractivity contribution is 5.63. The minimum absolute atomic E-state index is 0.762. The van der Waals surface area contributed by atoms with E-state index in [0.29, 0.717) is 0 Å². The van der Waals surface area contributed by atoms with Crippen LogP contribution in [0.2, 0.25) is 0 Å². The van der Waals surface area contributed by atoms with Gasteiger partial charge < -0.3 is 19.7 Å². The molecule has 0 radical (unpaired) electrons. The summed E-state index contributed by atoms with van der Waals surface area (Å²) in [7, 11) is 1.75. The number of nitrogens with zero attached hydrogens (tertiary/aromatic N) is 1. The predicted octanol–water partition coefficient (Wildman–Crippen LogP) is 1.22. The number of fused-ring (bicyclic) bond motifs is 2. The molecule has 0 bridgehead atoms. The number of anilines is 1. The first-order valence-electron chi connectivity index (χ1n) is 7.11. The van der Waals surface area contributed by atoms with Crippen LogP contribution in [0.3, 0.4) is 0 Å². The minimum atomic E-state index is 0.762. The molecule has 0 saturated heterocycles. The molecule has 0 fully saturated rings. The van der Waals surface area contributed by atoms with Crippen LogP contribution in [-0.4, -0.2) is 46.5 Å². The van der Waals surface area contributed by atoms with Gasteiger partial charge in [-0.1, -0.05) is 0 Å². The van der Waals surface area contributed by atoms with E-state index in [1.165, 1.54) is 16.8 Å². The second-order valence-electron chi connectivity index (χ2n) is 5.17. The zero-order chi connectivity index (χ0) is 13.1. The molecule has 1 aromatic rings. The minimum Gasteiger partial charge on any atom is -0.490 e. The molecular formula is C15H22N2O2. The van der Waals surface area contributed by atoms with Gasteiger partial charge in [0.05, 0.1) is 18.8 Å². The maximum Gasteiger partial charge on any atom is 0.142 e. The van der Waals surface area contributed by atoms with Gasteiger partial charge in [-0.3, -0.25) is 0 Å². The van der Waals surface area contributed by atoms with Gasteiger partial charge in [-0.15, -0.1) is 0 Å². The molecule has 4 heteroatoms. The topological polar surface area (TPSA) is 33.7 Å². The summed E-state index contributed by atoms with van der Waals surface area (Å²) < 4.78 is 11.0. The first kappa shape index (κ1) is 12.8. The first-order valence-corrected chi connectivity index (χ1v) is 7.11. The van der Waals surface area contributed by atoms with E-state index in [9.17, 15) is 0 Å². The third-order valence-corrected chi connectivity index (χ3v) is 3.95. The molecule has 0 aromatic heterocycles. The van der Waals surface area contributed by atoms with E-state index in [-0.39, 0.29) is 0 Å². The molecule has 1 N–H and O–H groups in total. The Morgan fingerprint density at radius 1 is 1.26 bits per heavy atom. The normalized spacial score (nSPS) is 18.3. The molecule has 0 saturated carbocycles. The van der Waals surface area contributed by atoms with Crippen molar-refractivity contribution < 1.29 is 9.47 Å². The van der Waals surface area contributed by atoms with Crippen LogP contribution >= 0.6 is 0 Å². The van der Waals surface area contributed by atoms with E-state index in [1.807, 2.05) is 0 Å². The molecule has 4 nitrogen and oxygen atoms in total. The summed E-state index contributed by atoms with van der Waals surface area (Å²) >= 11 is 0. The zero-order valence-electron chi connectivity index (χ0n) is 11.6. The summed E-state index contributed by atoms with van der Waals surface area (Å²) in [6.07, 6.45) is 2.21. The molecule has 2 heterocycles. The van der Waals surface area contributed by atoms with Gasteiger partial charge in [0, 0.05) is 13.7 Å². The number of nitrogens with one attached hydrogen (secondary N) is 1. The Balaban J connectivity index is 1.90. The number of hydrogen-bond acceptors (Lipinski definition) is 4. The lowest BCUT2D eigenvalue weighted by Crippen LogP contribution is -2.35. The number of ether oxygens (including phenoxy) is 2. The molecule has 104 valence electrons. The number of methoxy groups -OCH3 is 1. The van der Waals surface area contributed by atoms with Crippen LogP contribution < -0.4 is 15.0 Å². The van der Waals surface area contributed by atoms with Crippen molar-refractivity contribution in [2.75, 3.05) is 51.4 Å². The molecule has 0 unspecified atom stereocenters. The van der Waals surface area contributed by atoms with Crippen molar-refractivity contribution >= 4 is 5.69 Å². The second kappa shape index (κ2) is 5.80. The quantitative estimate of drug-likeness (QED) is 0.888. The Hall–Kier alpha value is -1.26. The van der Waals surface area contributed by atoms with Crippen molar-refractivity contribution in [2.24, 2.45) is 0 Å². The molecule has 19 heavy (non-hydrogen) atoms. The highest BCUT2D eigenvalue weighted by Gasteiger charge is 2.21. The van der Waals surface area contributed by atoms with E-state index in [1.54, 1.807) is 7.11 Å². The molecule has 2 aliphatic rings. The van der Waals surface area contributed by atoms with Crippen LogP contribution in [0, 0.1) is 0 Å². The first-order chi connectivity index (χ1) is 9.38. The molecule has 2 aliphatic heterocycles. The lowest BCUT2D eigenvalue weighted by Gasteiger charge is -2.32. The molecule has 0 atom stereocenters. The predicted molar refractivity (Wildman–Crippen MR) is 76.3 cm³/mol. The van der Waals surface area contributed by atoms with Crippen LogP contribution in [0.1, 0.15) is 11.1 Å². The number of rotatable bonds is 3. The standard InChI is InChI=1S/C15H22N2O2/c1-18-8-6-17-7-9-19-15-11-13-3-5-16-4-2-12(13)10-14(15)17/h10-11,16H,2-9H2,1H3. The van der Waals surface area contributed by atoms with E-state index in [4.69, 9.17) is 9.47 Å². The van der Waals surface area contributed by atoms with E-state index in [2.05, 4.69) is 22.3 Å². The Labute approximate surface area is 114 Å². The van der Waals surface area contributed by atoms with E-state index < -0.39 is 0 Å². The summed E-state index contributed by atoms with van der Waals surface area (Å²) in [6.45, 7) is 5.56. The fraction of sp³-hybridized carbons (Fsp3) is 0.600.